The van der Waals surface area contributed by atoms with Crippen molar-refractivity contribution in [2.45, 2.75) is 32.7 Å². The average molecular weight is 322 g/mol. The first kappa shape index (κ1) is 19.9. The molecular weight excluding hydrogens is 305 g/mol. The second kappa shape index (κ2) is 7.76. The summed E-state index contributed by atoms with van der Waals surface area (Å²) in [4.78, 5) is 23.0. The molecule has 2 atom stereocenters. The van der Waals surface area contributed by atoms with Gasteiger partial charge in [0.1, 0.15) is 6.04 Å². The van der Waals surface area contributed by atoms with E-state index in [2.05, 4.69) is 5.32 Å². The Kier molecular flexibility index (Phi) is 7.01. The van der Waals surface area contributed by atoms with Gasteiger partial charge in [-0.1, -0.05) is 7.43 Å². The Bertz CT molecular complexity index is 515. The number of aliphatic hydroxyl groups excluding tert-OH is 1. The Morgan fingerprint density at radius 2 is 1.68 bits per heavy atom. The number of aliphatic hydroxyl groups is 1. The van der Waals surface area contributed by atoms with Crippen molar-refractivity contribution < 1.29 is 33.1 Å². The van der Waals surface area contributed by atoms with Crippen molar-refractivity contribution in [3.05, 3.63) is 35.4 Å². The van der Waals surface area contributed by atoms with E-state index in [1.165, 1.54) is 12.4 Å². The largest absolute Gasteiger partial charge is 0.416 e. The van der Waals surface area contributed by atoms with Crippen LogP contribution < -0.4 is 10.8 Å². The van der Waals surface area contributed by atoms with Gasteiger partial charge in [0.15, 0.2) is 0 Å². The van der Waals surface area contributed by atoms with Gasteiger partial charge >= 0.3 is 6.18 Å². The molecular formula is C13H17F3N2O4. The maximum atomic E-state index is 12.4. The number of rotatable bonds is 4. The molecule has 1 aromatic carbocycles. The summed E-state index contributed by atoms with van der Waals surface area (Å²) in [7, 11) is 0. The van der Waals surface area contributed by atoms with Crippen LogP contribution in [0.25, 0.3) is 0 Å². The fraction of sp³-hybridized carbons (Fsp3) is 0.385. The zero-order valence-electron chi connectivity index (χ0n) is 10.8. The molecule has 0 saturated heterocycles. The highest BCUT2D eigenvalue weighted by Crippen LogP contribution is 2.29. The minimum atomic E-state index is -4.52. The third kappa shape index (κ3) is 5.01. The Hall–Kier alpha value is -2.13. The number of benzene rings is 1. The quantitative estimate of drug-likeness (QED) is 0.496. The van der Waals surface area contributed by atoms with Crippen molar-refractivity contribution in [1.29, 1.82) is 0 Å². The lowest BCUT2D eigenvalue weighted by Gasteiger charge is -2.19. The van der Waals surface area contributed by atoms with Crippen LogP contribution in [0, 0.1) is 0 Å². The highest BCUT2D eigenvalue weighted by Gasteiger charge is 2.30. The Balaban J connectivity index is 0.00000441. The molecule has 1 rings (SSSR count). The maximum absolute atomic E-state index is 12.4. The lowest BCUT2D eigenvalue weighted by atomic mass is 10.1. The van der Waals surface area contributed by atoms with Gasteiger partial charge in [0, 0.05) is 5.56 Å². The van der Waals surface area contributed by atoms with Crippen LogP contribution in [0.4, 0.5) is 13.2 Å². The molecule has 2 amide bonds. The van der Waals surface area contributed by atoms with Crippen LogP contribution in [-0.4, -0.2) is 34.3 Å². The summed E-state index contributed by atoms with van der Waals surface area (Å²) < 4.78 is 37.1. The first-order chi connectivity index (χ1) is 9.66. The standard InChI is InChI=1S/C12H13F3N2O4.CH4/c1-6(18)9(11(20)17-21)16-10(19)7-2-4-8(5-3-7)12(13,14)15;/h2-6,9,18,21H,1H3,(H,16,19)(H,17,20);1H4/t6-,9-;/m0./s1. The van der Waals surface area contributed by atoms with Gasteiger partial charge in [-0.25, -0.2) is 5.48 Å². The molecule has 4 N–H and O–H groups in total. The molecule has 0 fully saturated rings. The topological polar surface area (TPSA) is 98.7 Å². The summed E-state index contributed by atoms with van der Waals surface area (Å²) in [6.45, 7) is 1.20. The average Bonchev–Trinajstić information content (AvgIpc) is 2.42. The normalized spacial score (nSPS) is 13.5. The third-order valence-corrected chi connectivity index (χ3v) is 2.64. The SMILES string of the molecule is C.C[C@H](O)[C@H](NC(=O)c1ccc(C(F)(F)F)cc1)C(=O)NO. The molecule has 22 heavy (non-hydrogen) atoms. The van der Waals surface area contributed by atoms with E-state index in [4.69, 9.17) is 5.21 Å². The Morgan fingerprint density at radius 1 is 1.18 bits per heavy atom. The molecule has 0 radical (unpaired) electrons. The zero-order valence-corrected chi connectivity index (χ0v) is 10.8. The van der Waals surface area contributed by atoms with Gasteiger partial charge < -0.3 is 10.4 Å². The van der Waals surface area contributed by atoms with Crippen molar-refractivity contribution in [2.24, 2.45) is 0 Å². The molecule has 0 aliphatic rings. The molecule has 6 nitrogen and oxygen atoms in total. The van der Waals surface area contributed by atoms with Gasteiger partial charge in [0.05, 0.1) is 11.7 Å². The van der Waals surface area contributed by atoms with Gasteiger partial charge in [0.2, 0.25) is 0 Å². The van der Waals surface area contributed by atoms with Gasteiger partial charge in [-0.15, -0.1) is 0 Å². The van der Waals surface area contributed by atoms with E-state index in [-0.39, 0.29) is 13.0 Å². The van der Waals surface area contributed by atoms with Crippen LogP contribution in [0.2, 0.25) is 0 Å². The molecule has 124 valence electrons. The van der Waals surface area contributed by atoms with Crippen molar-refractivity contribution >= 4 is 11.8 Å². The number of nitrogens with one attached hydrogen (secondary N) is 2. The minimum Gasteiger partial charge on any atom is -0.391 e. The number of hydrogen-bond acceptors (Lipinski definition) is 4. The molecule has 0 saturated carbocycles. The summed E-state index contributed by atoms with van der Waals surface area (Å²) in [6.07, 6.45) is -5.83. The summed E-state index contributed by atoms with van der Waals surface area (Å²) in [5.41, 5.74) is 0.227. The first-order valence-electron chi connectivity index (χ1n) is 5.77. The highest BCUT2D eigenvalue weighted by molar-refractivity contribution is 5.97. The Labute approximate surface area is 124 Å². The fourth-order valence-electron chi connectivity index (χ4n) is 1.51. The number of hydrogen-bond donors (Lipinski definition) is 4. The molecule has 9 heteroatoms. The predicted octanol–water partition coefficient (Wildman–Crippen LogP) is 1.33. The van der Waals surface area contributed by atoms with E-state index >= 15 is 0 Å². The summed E-state index contributed by atoms with van der Waals surface area (Å²) in [5, 5.41) is 19.9. The van der Waals surface area contributed by atoms with Crippen LogP contribution in [-0.2, 0) is 11.0 Å². The van der Waals surface area contributed by atoms with Crippen molar-refractivity contribution in [2.75, 3.05) is 0 Å². The Morgan fingerprint density at radius 3 is 2.05 bits per heavy atom. The second-order valence-corrected chi connectivity index (χ2v) is 4.24. The smallest absolute Gasteiger partial charge is 0.391 e. The molecule has 1 aromatic rings. The van der Waals surface area contributed by atoms with Crippen LogP contribution in [0.1, 0.15) is 30.3 Å². The summed E-state index contributed by atoms with van der Waals surface area (Å²) in [6, 6.07) is 1.88. The number of carbonyl (C=O) groups excluding carboxylic acids is 2. The monoisotopic (exact) mass is 322 g/mol. The van der Waals surface area contributed by atoms with Crippen molar-refractivity contribution in [3.63, 3.8) is 0 Å². The van der Waals surface area contributed by atoms with Crippen LogP contribution in [0.3, 0.4) is 0 Å². The van der Waals surface area contributed by atoms with Crippen molar-refractivity contribution in [1.82, 2.24) is 10.8 Å². The van der Waals surface area contributed by atoms with E-state index in [1.807, 2.05) is 0 Å². The van der Waals surface area contributed by atoms with E-state index in [0.29, 0.717) is 0 Å². The molecule has 0 aromatic heterocycles. The van der Waals surface area contributed by atoms with Gasteiger partial charge in [0.25, 0.3) is 11.8 Å². The highest BCUT2D eigenvalue weighted by atomic mass is 19.4. The van der Waals surface area contributed by atoms with Gasteiger partial charge in [-0.3, -0.25) is 14.8 Å². The van der Waals surface area contributed by atoms with Crippen LogP contribution in [0.5, 0.6) is 0 Å². The van der Waals surface area contributed by atoms with Crippen LogP contribution >= 0.6 is 0 Å². The predicted molar refractivity (Wildman–Crippen MR) is 71.0 cm³/mol. The number of amides is 2. The van der Waals surface area contributed by atoms with E-state index in [0.717, 1.165) is 24.3 Å². The van der Waals surface area contributed by atoms with E-state index < -0.39 is 35.7 Å². The second-order valence-electron chi connectivity index (χ2n) is 4.24. The van der Waals surface area contributed by atoms with Crippen LogP contribution in [0.15, 0.2) is 24.3 Å². The molecule has 0 spiro atoms. The number of halogens is 3. The molecule has 0 bridgehead atoms. The summed E-state index contributed by atoms with van der Waals surface area (Å²) in [5.74, 6) is -1.91. The van der Waals surface area contributed by atoms with E-state index in [1.54, 1.807) is 0 Å². The lowest BCUT2D eigenvalue weighted by Crippen LogP contribution is -2.51. The molecule has 0 unspecified atom stereocenters. The zero-order chi connectivity index (χ0) is 16.2. The fourth-order valence-corrected chi connectivity index (χ4v) is 1.51. The molecule has 0 heterocycles. The number of alkyl halides is 3. The van der Waals surface area contributed by atoms with Crippen molar-refractivity contribution in [3.8, 4) is 0 Å². The van der Waals surface area contributed by atoms with Gasteiger partial charge in [-0.05, 0) is 31.2 Å². The third-order valence-electron chi connectivity index (χ3n) is 2.64. The molecule has 0 aliphatic carbocycles. The van der Waals surface area contributed by atoms with E-state index in [9.17, 15) is 27.9 Å². The first-order valence-corrected chi connectivity index (χ1v) is 5.77. The lowest BCUT2D eigenvalue weighted by molar-refractivity contribution is -0.137. The minimum absolute atomic E-state index is 0. The molecule has 0 aliphatic heterocycles. The number of hydroxylamine groups is 1. The van der Waals surface area contributed by atoms with Gasteiger partial charge in [-0.2, -0.15) is 13.2 Å². The maximum Gasteiger partial charge on any atom is 0.416 e. The summed E-state index contributed by atoms with van der Waals surface area (Å²) >= 11 is 0. The number of carbonyl (C=O) groups is 2.